The van der Waals surface area contributed by atoms with Crippen LogP contribution in [-0.2, 0) is 0 Å². The highest BCUT2D eigenvalue weighted by atomic mass is 19.1. The van der Waals surface area contributed by atoms with Crippen LogP contribution in [0.3, 0.4) is 0 Å². The lowest BCUT2D eigenvalue weighted by Gasteiger charge is -2.29. The van der Waals surface area contributed by atoms with E-state index in [1.165, 1.54) is 6.07 Å². The van der Waals surface area contributed by atoms with Crippen LogP contribution in [0.25, 0.3) is 0 Å². The molecule has 19 heavy (non-hydrogen) atoms. The third-order valence-electron chi connectivity index (χ3n) is 3.70. The minimum atomic E-state index is -0.130. The smallest absolute Gasteiger partial charge is 0.127 e. The van der Waals surface area contributed by atoms with Crippen molar-refractivity contribution >= 4 is 0 Å². The fraction of sp³-hybridized carbons (Fsp3) is 0.625. The average molecular weight is 266 g/mol. The topological polar surface area (TPSA) is 29.3 Å². The molecule has 0 aliphatic carbocycles. The summed E-state index contributed by atoms with van der Waals surface area (Å²) in [6.07, 6.45) is 1.12. The van der Waals surface area contributed by atoms with Gasteiger partial charge in [-0.05, 0) is 44.8 Å². The van der Waals surface area contributed by atoms with E-state index in [1.54, 1.807) is 6.07 Å². The average Bonchev–Trinajstić information content (AvgIpc) is 2.37. The molecular formula is C16H27FN2. The van der Waals surface area contributed by atoms with E-state index in [9.17, 15) is 4.39 Å². The van der Waals surface area contributed by atoms with Crippen molar-refractivity contribution in [2.24, 2.45) is 17.6 Å². The van der Waals surface area contributed by atoms with Crippen molar-refractivity contribution in [3.05, 3.63) is 35.6 Å². The second-order valence-corrected chi connectivity index (χ2v) is 5.87. The Hall–Kier alpha value is -0.930. The van der Waals surface area contributed by atoms with Gasteiger partial charge in [0.1, 0.15) is 5.82 Å². The first-order valence-corrected chi connectivity index (χ1v) is 7.10. The number of benzene rings is 1. The summed E-state index contributed by atoms with van der Waals surface area (Å²) < 4.78 is 13.8. The summed E-state index contributed by atoms with van der Waals surface area (Å²) in [7, 11) is 2.04. The van der Waals surface area contributed by atoms with Crippen LogP contribution < -0.4 is 5.73 Å². The molecule has 3 heteroatoms. The van der Waals surface area contributed by atoms with Crippen LogP contribution in [0, 0.1) is 17.7 Å². The third kappa shape index (κ3) is 4.92. The van der Waals surface area contributed by atoms with Crippen LogP contribution in [0.5, 0.6) is 0 Å². The zero-order valence-electron chi connectivity index (χ0n) is 12.6. The molecule has 0 fully saturated rings. The molecule has 0 bridgehead atoms. The summed E-state index contributed by atoms with van der Waals surface area (Å²) in [6, 6.07) is 7.07. The fourth-order valence-corrected chi connectivity index (χ4v) is 2.53. The van der Waals surface area contributed by atoms with Crippen molar-refractivity contribution in [1.82, 2.24) is 4.90 Å². The molecule has 2 N–H and O–H groups in total. The van der Waals surface area contributed by atoms with Gasteiger partial charge in [0, 0.05) is 18.2 Å². The molecule has 2 nitrogen and oxygen atoms in total. The molecule has 0 aromatic heterocycles. The maximum absolute atomic E-state index is 13.8. The van der Waals surface area contributed by atoms with E-state index in [0.29, 0.717) is 18.4 Å². The molecule has 2 unspecified atom stereocenters. The lowest BCUT2D eigenvalue weighted by Crippen LogP contribution is -2.33. The summed E-state index contributed by atoms with van der Waals surface area (Å²) in [5.41, 5.74) is 6.59. The monoisotopic (exact) mass is 266 g/mol. The number of halogens is 1. The lowest BCUT2D eigenvalue weighted by molar-refractivity contribution is 0.204. The first kappa shape index (κ1) is 16.1. The summed E-state index contributed by atoms with van der Waals surface area (Å²) in [5.74, 6) is 0.986. The zero-order valence-corrected chi connectivity index (χ0v) is 12.6. The number of rotatable bonds is 7. The van der Waals surface area contributed by atoms with Gasteiger partial charge in [0.2, 0.25) is 0 Å². The first-order valence-electron chi connectivity index (χ1n) is 7.10. The Morgan fingerprint density at radius 3 is 2.37 bits per heavy atom. The lowest BCUT2D eigenvalue weighted by atomic mass is 9.95. The van der Waals surface area contributed by atoms with Crippen molar-refractivity contribution in [2.75, 3.05) is 20.1 Å². The van der Waals surface area contributed by atoms with Gasteiger partial charge < -0.3 is 5.73 Å². The summed E-state index contributed by atoms with van der Waals surface area (Å²) >= 11 is 0. The normalized spacial score (nSPS) is 14.9. The van der Waals surface area contributed by atoms with Crippen LogP contribution in [0.2, 0.25) is 0 Å². The SMILES string of the molecule is CC(C)CC(CN)CN(C)C(C)c1ccccc1F. The largest absolute Gasteiger partial charge is 0.330 e. The Morgan fingerprint density at radius 2 is 1.84 bits per heavy atom. The maximum Gasteiger partial charge on any atom is 0.127 e. The molecule has 2 atom stereocenters. The van der Waals surface area contributed by atoms with Gasteiger partial charge in [-0.3, -0.25) is 4.90 Å². The number of hydrogen-bond acceptors (Lipinski definition) is 2. The number of hydrogen-bond donors (Lipinski definition) is 1. The quantitative estimate of drug-likeness (QED) is 0.819. The van der Waals surface area contributed by atoms with E-state index in [0.717, 1.165) is 18.5 Å². The number of nitrogens with two attached hydrogens (primary N) is 1. The summed E-state index contributed by atoms with van der Waals surface area (Å²) in [5, 5.41) is 0. The molecule has 0 aliphatic rings. The van der Waals surface area contributed by atoms with Crippen molar-refractivity contribution in [3.8, 4) is 0 Å². The van der Waals surface area contributed by atoms with Gasteiger partial charge in [-0.1, -0.05) is 32.0 Å². The maximum atomic E-state index is 13.8. The van der Waals surface area contributed by atoms with Crippen LogP contribution in [0.15, 0.2) is 24.3 Å². The Bertz CT molecular complexity index is 379. The molecule has 1 rings (SSSR count). The van der Waals surface area contributed by atoms with Crippen molar-refractivity contribution in [3.63, 3.8) is 0 Å². The van der Waals surface area contributed by atoms with Crippen molar-refractivity contribution in [1.29, 1.82) is 0 Å². The highest BCUT2D eigenvalue weighted by Gasteiger charge is 2.19. The second kappa shape index (κ2) is 7.61. The highest BCUT2D eigenvalue weighted by molar-refractivity contribution is 5.20. The molecule has 0 saturated heterocycles. The van der Waals surface area contributed by atoms with Gasteiger partial charge >= 0.3 is 0 Å². The third-order valence-corrected chi connectivity index (χ3v) is 3.70. The van der Waals surface area contributed by atoms with Crippen LogP contribution in [-0.4, -0.2) is 25.0 Å². The second-order valence-electron chi connectivity index (χ2n) is 5.87. The van der Waals surface area contributed by atoms with Crippen LogP contribution in [0.4, 0.5) is 4.39 Å². The predicted molar refractivity (Wildman–Crippen MR) is 79.4 cm³/mol. The number of nitrogens with zero attached hydrogens (tertiary/aromatic N) is 1. The first-order chi connectivity index (χ1) is 8.95. The van der Waals surface area contributed by atoms with Gasteiger partial charge in [-0.2, -0.15) is 0 Å². The van der Waals surface area contributed by atoms with E-state index in [2.05, 4.69) is 18.7 Å². The van der Waals surface area contributed by atoms with Gasteiger partial charge in [0.05, 0.1) is 0 Å². The Balaban J connectivity index is 2.66. The van der Waals surface area contributed by atoms with Gasteiger partial charge in [0.25, 0.3) is 0 Å². The molecule has 0 heterocycles. The van der Waals surface area contributed by atoms with E-state index < -0.39 is 0 Å². The molecule has 0 aliphatic heterocycles. The van der Waals surface area contributed by atoms with Gasteiger partial charge in [-0.25, -0.2) is 4.39 Å². The molecule has 1 aromatic rings. The van der Waals surface area contributed by atoms with E-state index in [1.807, 2.05) is 26.1 Å². The standard InChI is InChI=1S/C16H27FN2/c1-12(2)9-14(10-18)11-19(4)13(3)15-7-5-6-8-16(15)17/h5-8,12-14H,9-11,18H2,1-4H3. The highest BCUT2D eigenvalue weighted by Crippen LogP contribution is 2.23. The molecule has 1 aromatic carbocycles. The van der Waals surface area contributed by atoms with Crippen LogP contribution >= 0.6 is 0 Å². The molecule has 0 radical (unpaired) electrons. The van der Waals surface area contributed by atoms with E-state index >= 15 is 0 Å². The summed E-state index contributed by atoms with van der Waals surface area (Å²) in [4.78, 5) is 2.19. The van der Waals surface area contributed by atoms with Crippen molar-refractivity contribution in [2.45, 2.75) is 33.2 Å². The minimum absolute atomic E-state index is 0.0717. The van der Waals surface area contributed by atoms with Gasteiger partial charge in [-0.15, -0.1) is 0 Å². The Kier molecular flexibility index (Phi) is 6.46. The Morgan fingerprint density at radius 1 is 1.21 bits per heavy atom. The zero-order chi connectivity index (χ0) is 14.4. The molecular weight excluding hydrogens is 239 g/mol. The van der Waals surface area contributed by atoms with Crippen molar-refractivity contribution < 1.29 is 4.39 Å². The van der Waals surface area contributed by atoms with Crippen LogP contribution in [0.1, 0.15) is 38.8 Å². The molecule has 108 valence electrons. The summed E-state index contributed by atoms with van der Waals surface area (Å²) in [6.45, 7) is 8.06. The Labute approximate surface area is 116 Å². The van der Waals surface area contributed by atoms with E-state index in [4.69, 9.17) is 5.73 Å². The predicted octanol–water partition coefficient (Wildman–Crippen LogP) is 3.44. The minimum Gasteiger partial charge on any atom is -0.330 e. The van der Waals surface area contributed by atoms with Gasteiger partial charge in [0.15, 0.2) is 0 Å². The molecule has 0 saturated carbocycles. The molecule has 0 amide bonds. The van der Waals surface area contributed by atoms with E-state index in [-0.39, 0.29) is 11.9 Å². The fourth-order valence-electron chi connectivity index (χ4n) is 2.53. The molecule has 0 spiro atoms.